The molecule has 0 spiro atoms. The minimum Gasteiger partial charge on any atom is -0.354 e. The number of aromatic nitrogens is 1. The normalized spacial score (nSPS) is 17.9. The predicted molar refractivity (Wildman–Crippen MR) is 86.8 cm³/mol. The second-order valence-electron chi connectivity index (χ2n) is 5.93. The fraction of sp³-hybridized carbons (Fsp3) is 0.733. The van der Waals surface area contributed by atoms with Gasteiger partial charge in [0.25, 0.3) is 0 Å². The third kappa shape index (κ3) is 5.05. The number of amides is 1. The Hall–Kier alpha value is -0.980. The van der Waals surface area contributed by atoms with Crippen LogP contribution in [0.5, 0.6) is 0 Å². The van der Waals surface area contributed by atoms with Gasteiger partial charge in [0, 0.05) is 29.6 Å². The van der Waals surface area contributed by atoms with Crippen molar-refractivity contribution in [2.45, 2.75) is 38.6 Å². The molecule has 0 aliphatic carbocycles. The molecule has 0 saturated carbocycles. The van der Waals surface area contributed by atoms with E-state index in [4.69, 9.17) is 0 Å². The molecule has 1 aliphatic heterocycles. The Labute approximate surface area is 131 Å². The molecule has 6 heteroatoms. The fourth-order valence-corrected chi connectivity index (χ4v) is 3.47. The van der Waals surface area contributed by atoms with Crippen molar-refractivity contribution in [2.75, 3.05) is 33.2 Å². The van der Waals surface area contributed by atoms with Gasteiger partial charge < -0.3 is 10.6 Å². The average Bonchev–Trinajstić information content (AvgIpc) is 2.92. The summed E-state index contributed by atoms with van der Waals surface area (Å²) in [6.07, 6.45) is 2.25. The van der Waals surface area contributed by atoms with Crippen LogP contribution in [0.1, 0.15) is 36.4 Å². The number of nitrogens with zero attached hydrogens (tertiary/aromatic N) is 2. The first-order chi connectivity index (χ1) is 10.1. The van der Waals surface area contributed by atoms with Crippen molar-refractivity contribution in [3.8, 4) is 0 Å². The van der Waals surface area contributed by atoms with E-state index in [2.05, 4.69) is 32.8 Å². The van der Waals surface area contributed by atoms with Crippen LogP contribution in [0.4, 0.5) is 0 Å². The lowest BCUT2D eigenvalue weighted by molar-refractivity contribution is -0.122. The average molecular weight is 310 g/mol. The molecule has 1 fully saturated rings. The minimum absolute atomic E-state index is 0.108. The van der Waals surface area contributed by atoms with Crippen molar-refractivity contribution in [1.82, 2.24) is 20.5 Å². The molecule has 1 atom stereocenters. The van der Waals surface area contributed by atoms with E-state index in [-0.39, 0.29) is 11.8 Å². The van der Waals surface area contributed by atoms with E-state index in [1.54, 1.807) is 11.3 Å². The Morgan fingerprint density at radius 3 is 2.90 bits per heavy atom. The summed E-state index contributed by atoms with van der Waals surface area (Å²) in [5.41, 5.74) is 1.05. The predicted octanol–water partition coefficient (Wildman–Crippen LogP) is 1.36. The summed E-state index contributed by atoms with van der Waals surface area (Å²) in [5.74, 6) is 0.382. The highest BCUT2D eigenvalue weighted by Gasteiger charge is 2.20. The van der Waals surface area contributed by atoms with Crippen molar-refractivity contribution in [3.05, 3.63) is 16.1 Å². The molecular formula is C15H26N4OS. The first-order valence-electron chi connectivity index (χ1n) is 7.66. The number of carbonyl (C=O) groups excluding carboxylic acids is 1. The third-order valence-corrected chi connectivity index (χ3v) is 5.18. The summed E-state index contributed by atoms with van der Waals surface area (Å²) in [4.78, 5) is 18.7. The molecule has 1 saturated heterocycles. The molecule has 2 N–H and O–H groups in total. The summed E-state index contributed by atoms with van der Waals surface area (Å²) in [7, 11) is 2.04. The molecular weight excluding hydrogens is 284 g/mol. The first-order valence-corrected chi connectivity index (χ1v) is 8.54. The highest BCUT2D eigenvalue weighted by Crippen LogP contribution is 2.18. The topological polar surface area (TPSA) is 57.3 Å². The monoisotopic (exact) mass is 310 g/mol. The van der Waals surface area contributed by atoms with Crippen LogP contribution in [0.25, 0.3) is 0 Å². The zero-order valence-electron chi connectivity index (χ0n) is 13.2. The first kappa shape index (κ1) is 16.4. The van der Waals surface area contributed by atoms with Gasteiger partial charge in [0.05, 0.1) is 11.6 Å². The zero-order valence-corrected chi connectivity index (χ0v) is 14.0. The lowest BCUT2D eigenvalue weighted by Crippen LogP contribution is -2.45. The SMILES string of the molecule is Cc1csc([C@H](C)CNC(=O)CN(C)C2CCNCC2)n1. The largest absolute Gasteiger partial charge is 0.354 e. The fourth-order valence-electron chi connectivity index (χ4n) is 2.61. The van der Waals surface area contributed by atoms with Gasteiger partial charge in [-0.25, -0.2) is 4.98 Å². The maximum Gasteiger partial charge on any atom is 0.234 e. The van der Waals surface area contributed by atoms with E-state index in [1.165, 1.54) is 0 Å². The van der Waals surface area contributed by atoms with Crippen LogP contribution in [0, 0.1) is 6.92 Å². The van der Waals surface area contributed by atoms with Gasteiger partial charge in [-0.2, -0.15) is 0 Å². The maximum absolute atomic E-state index is 12.1. The molecule has 1 aromatic heterocycles. The second kappa shape index (κ2) is 7.87. The van der Waals surface area contributed by atoms with Gasteiger partial charge in [0.1, 0.15) is 0 Å². The number of nitrogens with one attached hydrogen (secondary N) is 2. The Bertz CT molecular complexity index is 456. The molecule has 2 heterocycles. The van der Waals surface area contributed by atoms with Crippen LogP contribution in [0.15, 0.2) is 5.38 Å². The number of aryl methyl sites for hydroxylation is 1. The number of hydrogen-bond acceptors (Lipinski definition) is 5. The van der Waals surface area contributed by atoms with Crippen LogP contribution in [0.2, 0.25) is 0 Å². The number of hydrogen-bond donors (Lipinski definition) is 2. The molecule has 0 unspecified atom stereocenters. The minimum atomic E-state index is 0.108. The summed E-state index contributed by atoms with van der Waals surface area (Å²) in [5, 5.41) is 9.53. The summed E-state index contributed by atoms with van der Waals surface area (Å²) < 4.78 is 0. The number of piperidine rings is 1. The van der Waals surface area contributed by atoms with Gasteiger partial charge in [-0.1, -0.05) is 6.92 Å². The van der Waals surface area contributed by atoms with E-state index in [1.807, 2.05) is 14.0 Å². The quantitative estimate of drug-likeness (QED) is 0.833. The Kier molecular flexibility index (Phi) is 6.14. The van der Waals surface area contributed by atoms with Crippen molar-refractivity contribution in [1.29, 1.82) is 0 Å². The Balaban J connectivity index is 1.71. The summed E-state index contributed by atoms with van der Waals surface area (Å²) in [6.45, 7) is 7.35. The number of rotatable bonds is 6. The van der Waals surface area contributed by atoms with Gasteiger partial charge in [0.2, 0.25) is 5.91 Å². The molecule has 0 radical (unpaired) electrons. The van der Waals surface area contributed by atoms with Gasteiger partial charge in [-0.15, -0.1) is 11.3 Å². The van der Waals surface area contributed by atoms with Crippen LogP contribution < -0.4 is 10.6 Å². The second-order valence-corrected chi connectivity index (χ2v) is 6.82. The molecule has 1 aliphatic rings. The number of carbonyl (C=O) groups is 1. The van der Waals surface area contributed by atoms with E-state index in [0.717, 1.165) is 36.6 Å². The summed E-state index contributed by atoms with van der Waals surface area (Å²) >= 11 is 1.67. The molecule has 1 aromatic rings. The van der Waals surface area contributed by atoms with Crippen LogP contribution in [0.3, 0.4) is 0 Å². The number of thiazole rings is 1. The number of likely N-dealkylation sites (N-methyl/N-ethyl adjacent to an activating group) is 1. The van der Waals surface area contributed by atoms with E-state index in [0.29, 0.717) is 19.1 Å². The molecule has 0 bridgehead atoms. The van der Waals surface area contributed by atoms with Gasteiger partial charge in [-0.3, -0.25) is 9.69 Å². The lowest BCUT2D eigenvalue weighted by Gasteiger charge is -2.31. The van der Waals surface area contributed by atoms with Gasteiger partial charge in [0.15, 0.2) is 0 Å². The van der Waals surface area contributed by atoms with Crippen molar-refractivity contribution < 1.29 is 4.79 Å². The van der Waals surface area contributed by atoms with Gasteiger partial charge >= 0.3 is 0 Å². The van der Waals surface area contributed by atoms with E-state index < -0.39 is 0 Å². The summed E-state index contributed by atoms with van der Waals surface area (Å²) in [6, 6.07) is 0.524. The molecule has 0 aromatic carbocycles. The van der Waals surface area contributed by atoms with Gasteiger partial charge in [-0.05, 0) is 39.9 Å². The third-order valence-electron chi connectivity index (χ3n) is 3.99. The molecule has 21 heavy (non-hydrogen) atoms. The van der Waals surface area contributed by atoms with Crippen molar-refractivity contribution in [3.63, 3.8) is 0 Å². The molecule has 2 rings (SSSR count). The van der Waals surface area contributed by atoms with E-state index in [9.17, 15) is 4.79 Å². The van der Waals surface area contributed by atoms with Crippen molar-refractivity contribution in [2.24, 2.45) is 0 Å². The zero-order chi connectivity index (χ0) is 15.2. The Morgan fingerprint density at radius 2 is 2.29 bits per heavy atom. The molecule has 1 amide bonds. The smallest absolute Gasteiger partial charge is 0.234 e. The highest BCUT2D eigenvalue weighted by atomic mass is 32.1. The lowest BCUT2D eigenvalue weighted by atomic mass is 10.1. The van der Waals surface area contributed by atoms with E-state index >= 15 is 0 Å². The van der Waals surface area contributed by atoms with Crippen LogP contribution in [-0.2, 0) is 4.79 Å². The van der Waals surface area contributed by atoms with Crippen LogP contribution >= 0.6 is 11.3 Å². The standard InChI is InChI=1S/C15H26N4OS/c1-11(15-18-12(2)10-21-15)8-17-14(20)9-19(3)13-4-6-16-7-5-13/h10-11,13,16H,4-9H2,1-3H3,(H,17,20)/t11-/m1/s1. The maximum atomic E-state index is 12.1. The van der Waals surface area contributed by atoms with Crippen LogP contribution in [-0.4, -0.2) is 55.1 Å². The van der Waals surface area contributed by atoms with Crippen molar-refractivity contribution >= 4 is 17.2 Å². The molecule has 5 nitrogen and oxygen atoms in total. The molecule has 118 valence electrons. The Morgan fingerprint density at radius 1 is 1.57 bits per heavy atom. The highest BCUT2D eigenvalue weighted by molar-refractivity contribution is 7.09.